The summed E-state index contributed by atoms with van der Waals surface area (Å²) in [6, 6.07) is 7.73. The van der Waals surface area contributed by atoms with Crippen LogP contribution in [0.25, 0.3) is 6.08 Å². The second-order valence-corrected chi connectivity index (χ2v) is 13.7. The fourth-order valence-electron chi connectivity index (χ4n) is 6.19. The maximum atomic E-state index is 13.6. The van der Waals surface area contributed by atoms with Crippen molar-refractivity contribution in [2.75, 3.05) is 14.1 Å². The van der Waals surface area contributed by atoms with Gasteiger partial charge in [-0.25, -0.2) is 9.59 Å². The Morgan fingerprint density at radius 3 is 1.34 bits per heavy atom. The molecule has 2 N–H and O–H groups in total. The van der Waals surface area contributed by atoms with E-state index >= 15 is 0 Å². The molecule has 214 valence electrons. The van der Waals surface area contributed by atoms with Crippen LogP contribution in [0, 0.1) is 6.92 Å². The number of rotatable bonds is 5. The van der Waals surface area contributed by atoms with Gasteiger partial charge in [0.15, 0.2) is 0 Å². The van der Waals surface area contributed by atoms with Crippen LogP contribution < -0.4 is 0 Å². The summed E-state index contributed by atoms with van der Waals surface area (Å²) < 4.78 is 12.1. The number of hydrogen-bond donors (Lipinski definition) is 0. The topological polar surface area (TPSA) is 90.6 Å². The van der Waals surface area contributed by atoms with Gasteiger partial charge in [-0.1, -0.05) is 29.8 Å². The minimum Gasteiger partial charge on any atom is -0.458 e. The zero-order valence-corrected chi connectivity index (χ0v) is 25.4. The van der Waals surface area contributed by atoms with E-state index in [1.807, 2.05) is 31.2 Å². The second-order valence-electron chi connectivity index (χ2n) is 13.7. The molecule has 0 spiro atoms. The summed E-state index contributed by atoms with van der Waals surface area (Å²) in [6.45, 7) is 19.3. The fraction of sp³-hybridized carbons (Fsp3) is 0.677. The van der Waals surface area contributed by atoms with E-state index in [0.717, 1.165) is 11.1 Å². The Kier molecular flexibility index (Phi) is 9.35. The van der Waals surface area contributed by atoms with Crippen LogP contribution in [0.15, 0.2) is 29.8 Å². The van der Waals surface area contributed by atoms with Gasteiger partial charge in [-0.05, 0) is 88.0 Å². The van der Waals surface area contributed by atoms with Crippen molar-refractivity contribution >= 4 is 18.0 Å². The molecule has 0 aliphatic carbocycles. The van der Waals surface area contributed by atoms with E-state index in [0.29, 0.717) is 25.7 Å². The number of likely N-dealkylation sites (tertiary alicyclic amines) is 2. The highest BCUT2D eigenvalue weighted by atomic mass is 16.6. The van der Waals surface area contributed by atoms with Crippen molar-refractivity contribution in [3.05, 3.63) is 41.0 Å². The van der Waals surface area contributed by atoms with Crippen LogP contribution in [0.3, 0.4) is 0 Å². The first-order valence-electron chi connectivity index (χ1n) is 13.5. The lowest BCUT2D eigenvalue weighted by Crippen LogP contribution is -2.60. The molecule has 0 bridgehead atoms. The summed E-state index contributed by atoms with van der Waals surface area (Å²) in [7, 11) is 4.23. The maximum Gasteiger partial charge on any atom is 0.345 e. The van der Waals surface area contributed by atoms with Gasteiger partial charge in [0.1, 0.15) is 17.8 Å². The number of nitrogens with zero attached hydrogens (tertiary/aromatic N) is 2. The standard InChI is InChI=1S/C31H48N2O4.H2O/c1-21-12-14-22(15-13-21)16-25(26(34)36-23-17-28(2,3)32(10)29(4,5)18-23)27(35)37-24-19-30(6,7)33(11)31(8,9)20-24;/h12-16,23-24H,17-20H2,1-11H3;1H2. The third kappa shape index (κ3) is 7.04. The Balaban J connectivity index is 0.00000507. The van der Waals surface area contributed by atoms with Crippen LogP contribution in [0.2, 0.25) is 0 Å². The number of carbonyl (C=O) groups excluding carboxylic acids is 2. The first-order valence-corrected chi connectivity index (χ1v) is 13.5. The lowest BCUT2D eigenvalue weighted by atomic mass is 9.78. The molecule has 3 rings (SSSR count). The second kappa shape index (κ2) is 11.1. The van der Waals surface area contributed by atoms with E-state index in [9.17, 15) is 9.59 Å². The molecule has 38 heavy (non-hydrogen) atoms. The van der Waals surface area contributed by atoms with Gasteiger partial charge in [-0.15, -0.1) is 0 Å². The monoisotopic (exact) mass is 530 g/mol. The summed E-state index contributed by atoms with van der Waals surface area (Å²) in [5.41, 5.74) is 1.27. The average molecular weight is 531 g/mol. The molecule has 0 atom stereocenters. The summed E-state index contributed by atoms with van der Waals surface area (Å²) in [5.74, 6) is -1.23. The van der Waals surface area contributed by atoms with Crippen LogP contribution >= 0.6 is 0 Å². The van der Waals surface area contributed by atoms with Crippen molar-refractivity contribution in [3.63, 3.8) is 0 Å². The van der Waals surface area contributed by atoms with Crippen molar-refractivity contribution in [1.82, 2.24) is 9.80 Å². The van der Waals surface area contributed by atoms with Gasteiger partial charge in [0.05, 0.1) is 0 Å². The molecule has 7 heteroatoms. The molecule has 1 aromatic carbocycles. The summed E-state index contributed by atoms with van der Waals surface area (Å²) in [6.07, 6.45) is 3.83. The van der Waals surface area contributed by atoms with E-state index in [-0.39, 0.29) is 45.4 Å². The molecule has 7 nitrogen and oxygen atoms in total. The predicted molar refractivity (Wildman–Crippen MR) is 153 cm³/mol. The zero-order valence-electron chi connectivity index (χ0n) is 25.4. The van der Waals surface area contributed by atoms with Crippen molar-refractivity contribution in [2.24, 2.45) is 0 Å². The lowest BCUT2D eigenvalue weighted by molar-refractivity contribution is -0.162. The largest absolute Gasteiger partial charge is 0.458 e. The molecule has 0 saturated carbocycles. The van der Waals surface area contributed by atoms with Gasteiger partial charge >= 0.3 is 11.9 Å². The molecular formula is C31H50N2O5. The van der Waals surface area contributed by atoms with Crippen molar-refractivity contribution < 1.29 is 24.5 Å². The molecule has 2 heterocycles. The van der Waals surface area contributed by atoms with Crippen molar-refractivity contribution in [3.8, 4) is 0 Å². The molecule has 2 aliphatic heterocycles. The van der Waals surface area contributed by atoms with E-state index in [2.05, 4.69) is 79.3 Å². The van der Waals surface area contributed by atoms with E-state index in [1.54, 1.807) is 6.08 Å². The van der Waals surface area contributed by atoms with Crippen molar-refractivity contribution in [1.29, 1.82) is 0 Å². The van der Waals surface area contributed by atoms with E-state index in [1.165, 1.54) is 0 Å². The fourth-order valence-corrected chi connectivity index (χ4v) is 6.19. The molecular weight excluding hydrogens is 480 g/mol. The maximum absolute atomic E-state index is 13.6. The summed E-state index contributed by atoms with van der Waals surface area (Å²) in [5, 5.41) is 0. The van der Waals surface area contributed by atoms with Crippen LogP contribution in [0.5, 0.6) is 0 Å². The number of hydrogen-bond acceptors (Lipinski definition) is 6. The van der Waals surface area contributed by atoms with Gasteiger partial charge in [-0.3, -0.25) is 9.80 Å². The number of carbonyl (C=O) groups is 2. The van der Waals surface area contributed by atoms with Crippen LogP contribution in [-0.2, 0) is 19.1 Å². The molecule has 1 aromatic rings. The Labute approximate surface area is 229 Å². The first kappa shape index (κ1) is 32.0. The Bertz CT molecular complexity index is 945. The molecule has 0 unspecified atom stereocenters. The number of esters is 2. The predicted octanol–water partition coefficient (Wildman–Crippen LogP) is 4.94. The number of benzene rings is 1. The third-order valence-corrected chi connectivity index (χ3v) is 8.92. The van der Waals surface area contributed by atoms with Crippen LogP contribution in [0.4, 0.5) is 0 Å². The highest BCUT2D eigenvalue weighted by molar-refractivity contribution is 6.17. The number of ether oxygens (including phenoxy) is 2. The normalized spacial score (nSPS) is 23.1. The number of piperidine rings is 2. The van der Waals surface area contributed by atoms with Crippen LogP contribution in [-0.4, -0.2) is 75.7 Å². The Morgan fingerprint density at radius 1 is 0.711 bits per heavy atom. The summed E-state index contributed by atoms with van der Waals surface area (Å²) >= 11 is 0. The Hall–Kier alpha value is -2.22. The quantitative estimate of drug-likeness (QED) is 0.232. The van der Waals surface area contributed by atoms with Crippen LogP contribution in [0.1, 0.15) is 92.2 Å². The molecule has 0 amide bonds. The van der Waals surface area contributed by atoms with E-state index < -0.39 is 11.9 Å². The Morgan fingerprint density at radius 2 is 1.03 bits per heavy atom. The molecule has 2 aliphatic rings. The minimum absolute atomic E-state index is 0. The van der Waals surface area contributed by atoms with Gasteiger partial charge in [0.25, 0.3) is 0 Å². The SMILES string of the molecule is Cc1ccc(C=C(C(=O)OC2CC(C)(C)N(C)C(C)(C)C2)C(=O)OC2CC(C)(C)N(C)C(C)(C)C2)cc1.O. The molecule has 2 saturated heterocycles. The molecule has 0 aromatic heterocycles. The zero-order chi connectivity index (χ0) is 28.0. The highest BCUT2D eigenvalue weighted by Crippen LogP contribution is 2.40. The van der Waals surface area contributed by atoms with Gasteiger partial charge < -0.3 is 14.9 Å². The van der Waals surface area contributed by atoms with Gasteiger partial charge in [0.2, 0.25) is 0 Å². The molecule has 0 radical (unpaired) electrons. The minimum atomic E-state index is -0.613. The number of aryl methyl sites for hydroxylation is 1. The molecule has 2 fully saturated rings. The smallest absolute Gasteiger partial charge is 0.345 e. The van der Waals surface area contributed by atoms with E-state index in [4.69, 9.17) is 9.47 Å². The third-order valence-electron chi connectivity index (χ3n) is 8.92. The average Bonchev–Trinajstić information content (AvgIpc) is 2.74. The highest BCUT2D eigenvalue weighted by Gasteiger charge is 2.46. The van der Waals surface area contributed by atoms with Gasteiger partial charge in [-0.2, -0.15) is 0 Å². The van der Waals surface area contributed by atoms with Gasteiger partial charge in [0, 0.05) is 47.8 Å². The summed E-state index contributed by atoms with van der Waals surface area (Å²) in [4.78, 5) is 31.8. The van der Waals surface area contributed by atoms with Crippen molar-refractivity contribution in [2.45, 2.75) is 122 Å². The lowest BCUT2D eigenvalue weighted by Gasteiger charge is -2.53. The first-order chi connectivity index (χ1) is 16.8.